The molecule has 0 aliphatic rings. The van der Waals surface area contributed by atoms with Crippen molar-refractivity contribution in [3.05, 3.63) is 40.9 Å². The number of carboxylic acid groups (broad SMARTS) is 1. The number of nitrogens with one attached hydrogen (secondary N) is 1. The van der Waals surface area contributed by atoms with Gasteiger partial charge in [-0.05, 0) is 31.2 Å². The lowest BCUT2D eigenvalue weighted by molar-refractivity contribution is -0.137. The van der Waals surface area contributed by atoms with Crippen molar-refractivity contribution in [3.8, 4) is 5.69 Å². The van der Waals surface area contributed by atoms with Crippen molar-refractivity contribution in [1.82, 2.24) is 20.3 Å². The van der Waals surface area contributed by atoms with Gasteiger partial charge in [0.1, 0.15) is 5.82 Å². The van der Waals surface area contributed by atoms with E-state index in [2.05, 4.69) is 15.6 Å². The first-order valence-corrected chi connectivity index (χ1v) is 6.73. The predicted octanol–water partition coefficient (Wildman–Crippen LogP) is 2.01. The van der Waals surface area contributed by atoms with Crippen molar-refractivity contribution in [2.45, 2.75) is 19.4 Å². The number of aliphatic carboxylic acids is 1. The summed E-state index contributed by atoms with van der Waals surface area (Å²) in [6, 6.07) is 4.03. The lowest BCUT2D eigenvalue weighted by Gasteiger charge is -2.02. The zero-order valence-corrected chi connectivity index (χ0v) is 11.8. The van der Waals surface area contributed by atoms with Gasteiger partial charge in [0.2, 0.25) is 0 Å². The molecule has 112 valence electrons. The number of aromatic nitrogens is 3. The molecule has 0 amide bonds. The normalized spacial score (nSPS) is 10.8. The second-order valence-corrected chi connectivity index (χ2v) is 4.83. The van der Waals surface area contributed by atoms with Gasteiger partial charge < -0.3 is 10.4 Å². The molecule has 2 rings (SSSR count). The topological polar surface area (TPSA) is 80.0 Å². The molecule has 0 aliphatic heterocycles. The van der Waals surface area contributed by atoms with E-state index in [1.54, 1.807) is 6.20 Å². The Hall–Kier alpha value is -1.99. The average molecular weight is 313 g/mol. The van der Waals surface area contributed by atoms with Crippen LogP contribution in [0.2, 0.25) is 5.02 Å². The predicted molar refractivity (Wildman–Crippen MR) is 74.9 cm³/mol. The number of nitrogens with zero attached hydrogens (tertiary/aromatic N) is 3. The van der Waals surface area contributed by atoms with Gasteiger partial charge in [0.15, 0.2) is 0 Å². The van der Waals surface area contributed by atoms with Crippen molar-refractivity contribution >= 4 is 17.6 Å². The minimum absolute atomic E-state index is 0.130. The Balaban J connectivity index is 1.91. The van der Waals surface area contributed by atoms with E-state index >= 15 is 0 Å². The maximum absolute atomic E-state index is 13.0. The Morgan fingerprint density at radius 1 is 1.48 bits per heavy atom. The largest absolute Gasteiger partial charge is 0.481 e. The van der Waals surface area contributed by atoms with Crippen LogP contribution < -0.4 is 5.32 Å². The van der Waals surface area contributed by atoms with Crippen LogP contribution in [0.15, 0.2) is 24.4 Å². The van der Waals surface area contributed by atoms with Crippen molar-refractivity contribution in [2.24, 2.45) is 0 Å². The van der Waals surface area contributed by atoms with Crippen LogP contribution in [0.3, 0.4) is 0 Å². The van der Waals surface area contributed by atoms with E-state index in [1.807, 2.05) is 0 Å². The third-order valence-corrected chi connectivity index (χ3v) is 3.05. The van der Waals surface area contributed by atoms with Gasteiger partial charge in [0.25, 0.3) is 0 Å². The van der Waals surface area contributed by atoms with Crippen LogP contribution in [0.1, 0.15) is 18.5 Å². The zero-order chi connectivity index (χ0) is 15.2. The molecule has 0 atom stereocenters. The molecule has 0 aliphatic carbocycles. The highest BCUT2D eigenvalue weighted by Gasteiger charge is 2.07. The van der Waals surface area contributed by atoms with Crippen LogP contribution in [-0.2, 0) is 11.3 Å². The summed E-state index contributed by atoms with van der Waals surface area (Å²) in [6.07, 6.45) is 2.36. The van der Waals surface area contributed by atoms with Crippen molar-refractivity contribution < 1.29 is 14.3 Å². The highest BCUT2D eigenvalue weighted by Crippen LogP contribution is 2.20. The Labute approximate surface area is 125 Å². The van der Waals surface area contributed by atoms with Crippen molar-refractivity contribution in [2.75, 3.05) is 6.54 Å². The Morgan fingerprint density at radius 2 is 2.29 bits per heavy atom. The monoisotopic (exact) mass is 312 g/mol. The van der Waals surface area contributed by atoms with E-state index in [0.717, 1.165) is 0 Å². The summed E-state index contributed by atoms with van der Waals surface area (Å²) >= 11 is 5.95. The fraction of sp³-hybridized carbons (Fsp3) is 0.308. The molecular formula is C13H14ClFN4O2. The van der Waals surface area contributed by atoms with Gasteiger partial charge >= 0.3 is 5.97 Å². The second-order valence-electron chi connectivity index (χ2n) is 4.42. The first-order valence-electron chi connectivity index (χ1n) is 6.35. The van der Waals surface area contributed by atoms with Gasteiger partial charge in [-0.2, -0.15) is 0 Å². The number of rotatable bonds is 7. The highest BCUT2D eigenvalue weighted by molar-refractivity contribution is 6.32. The Bertz CT molecular complexity index is 632. The lowest BCUT2D eigenvalue weighted by atomic mass is 10.3. The number of hydrogen-bond acceptors (Lipinski definition) is 4. The molecule has 0 spiro atoms. The quantitative estimate of drug-likeness (QED) is 0.765. The maximum Gasteiger partial charge on any atom is 0.303 e. The Kier molecular flexibility index (Phi) is 5.24. The highest BCUT2D eigenvalue weighted by atomic mass is 35.5. The molecule has 0 fully saturated rings. The van der Waals surface area contributed by atoms with Gasteiger partial charge in [-0.25, -0.2) is 9.07 Å². The zero-order valence-electron chi connectivity index (χ0n) is 11.1. The molecule has 2 aromatic rings. The van der Waals surface area contributed by atoms with Crippen molar-refractivity contribution in [3.63, 3.8) is 0 Å². The van der Waals surface area contributed by atoms with Crippen LogP contribution in [-0.4, -0.2) is 32.6 Å². The van der Waals surface area contributed by atoms with Gasteiger partial charge in [0.05, 0.1) is 22.6 Å². The average Bonchev–Trinajstić information content (AvgIpc) is 2.86. The van der Waals surface area contributed by atoms with E-state index < -0.39 is 11.8 Å². The summed E-state index contributed by atoms with van der Waals surface area (Å²) in [4.78, 5) is 10.4. The van der Waals surface area contributed by atoms with Crippen LogP contribution >= 0.6 is 11.6 Å². The SMILES string of the molecule is O=C(O)CCCNCc1cn(-c2ccc(F)cc2Cl)nn1. The number of benzene rings is 1. The number of hydrogen-bond donors (Lipinski definition) is 2. The number of carbonyl (C=O) groups is 1. The van der Waals surface area contributed by atoms with Crippen molar-refractivity contribution in [1.29, 1.82) is 0 Å². The first kappa shape index (κ1) is 15.4. The van der Waals surface area contributed by atoms with Gasteiger partial charge in [0, 0.05) is 13.0 Å². The minimum Gasteiger partial charge on any atom is -0.481 e. The first-order chi connectivity index (χ1) is 10.1. The smallest absolute Gasteiger partial charge is 0.303 e. The number of halogens is 2. The van der Waals surface area contributed by atoms with E-state index in [4.69, 9.17) is 16.7 Å². The van der Waals surface area contributed by atoms with Gasteiger partial charge in [-0.15, -0.1) is 5.10 Å². The van der Waals surface area contributed by atoms with Crippen LogP contribution in [0, 0.1) is 5.82 Å². The molecule has 0 saturated heterocycles. The summed E-state index contributed by atoms with van der Waals surface area (Å²) in [7, 11) is 0. The summed E-state index contributed by atoms with van der Waals surface area (Å²) in [5.74, 6) is -1.22. The minimum atomic E-state index is -0.811. The number of carboxylic acids is 1. The molecule has 1 aromatic heterocycles. The molecule has 6 nitrogen and oxygen atoms in total. The summed E-state index contributed by atoms with van der Waals surface area (Å²) in [5.41, 5.74) is 1.23. The van der Waals surface area contributed by atoms with E-state index in [-0.39, 0.29) is 11.4 Å². The molecule has 1 heterocycles. The van der Waals surface area contributed by atoms with E-state index in [0.29, 0.717) is 30.9 Å². The molecule has 0 unspecified atom stereocenters. The lowest BCUT2D eigenvalue weighted by Crippen LogP contribution is -2.16. The maximum atomic E-state index is 13.0. The van der Waals surface area contributed by atoms with E-state index in [9.17, 15) is 9.18 Å². The standard InChI is InChI=1S/C13H14ClFN4O2/c14-11-6-9(15)3-4-12(11)19-8-10(17-18-19)7-16-5-1-2-13(20)21/h3-4,6,8,16H,1-2,5,7H2,(H,20,21). The molecule has 0 saturated carbocycles. The van der Waals surface area contributed by atoms with Crippen LogP contribution in [0.5, 0.6) is 0 Å². The molecule has 2 N–H and O–H groups in total. The molecule has 8 heteroatoms. The fourth-order valence-corrected chi connectivity index (χ4v) is 2.00. The molecule has 1 aromatic carbocycles. The molecule has 0 bridgehead atoms. The third-order valence-electron chi connectivity index (χ3n) is 2.75. The van der Waals surface area contributed by atoms with Gasteiger partial charge in [-0.3, -0.25) is 4.79 Å². The van der Waals surface area contributed by atoms with Crippen LogP contribution in [0.4, 0.5) is 4.39 Å². The van der Waals surface area contributed by atoms with E-state index in [1.165, 1.54) is 22.9 Å². The summed E-state index contributed by atoms with van der Waals surface area (Å²) in [5, 5.41) is 19.7. The molecule has 0 radical (unpaired) electrons. The molecular weight excluding hydrogens is 299 g/mol. The van der Waals surface area contributed by atoms with Crippen LogP contribution in [0.25, 0.3) is 5.69 Å². The third kappa shape index (κ3) is 4.51. The summed E-state index contributed by atoms with van der Waals surface area (Å²) in [6.45, 7) is 1.05. The summed E-state index contributed by atoms with van der Waals surface area (Å²) < 4.78 is 14.5. The second kappa shape index (κ2) is 7.14. The molecule has 21 heavy (non-hydrogen) atoms. The van der Waals surface area contributed by atoms with Gasteiger partial charge in [-0.1, -0.05) is 16.8 Å². The Morgan fingerprint density at radius 3 is 3.00 bits per heavy atom. The fourth-order valence-electron chi connectivity index (χ4n) is 1.75.